The number of furan rings is 1. The van der Waals surface area contributed by atoms with E-state index in [1.807, 2.05) is 6.92 Å². The van der Waals surface area contributed by atoms with E-state index in [0.717, 1.165) is 18.4 Å². The predicted molar refractivity (Wildman–Crippen MR) is 47.2 cm³/mol. The number of aliphatic hydroxyl groups excluding tert-OH is 1. The molecule has 1 saturated heterocycles. The van der Waals surface area contributed by atoms with Crippen molar-refractivity contribution in [3.05, 3.63) is 24.2 Å². The first-order valence-electron chi connectivity index (χ1n) is 4.63. The van der Waals surface area contributed by atoms with Crippen LogP contribution in [-0.4, -0.2) is 17.3 Å². The summed E-state index contributed by atoms with van der Waals surface area (Å²) < 4.78 is 10.5. The van der Waals surface area contributed by atoms with Gasteiger partial charge in [-0.05, 0) is 25.8 Å². The second-order valence-electron chi connectivity index (χ2n) is 3.56. The van der Waals surface area contributed by atoms with Crippen LogP contribution in [0.5, 0.6) is 0 Å². The molecule has 0 radical (unpaired) electrons. The summed E-state index contributed by atoms with van der Waals surface area (Å²) in [6, 6.07) is 1.77. The Balaban J connectivity index is 2.02. The van der Waals surface area contributed by atoms with Crippen LogP contribution >= 0.6 is 0 Å². The average Bonchev–Trinajstić information content (AvgIpc) is 2.72. The van der Waals surface area contributed by atoms with Crippen LogP contribution in [0, 0.1) is 0 Å². The van der Waals surface area contributed by atoms with Crippen molar-refractivity contribution in [3.63, 3.8) is 0 Å². The number of ether oxygens (including phenoxy) is 1. The molecule has 3 heteroatoms. The van der Waals surface area contributed by atoms with Crippen LogP contribution in [0.3, 0.4) is 0 Å². The summed E-state index contributed by atoms with van der Waals surface area (Å²) >= 11 is 0. The molecule has 1 aromatic heterocycles. The summed E-state index contributed by atoms with van der Waals surface area (Å²) in [6.45, 7) is 2.03. The van der Waals surface area contributed by atoms with Crippen molar-refractivity contribution < 1.29 is 14.3 Å². The lowest BCUT2D eigenvalue weighted by molar-refractivity contribution is -0.0299. The smallest absolute Gasteiger partial charge is 0.108 e. The van der Waals surface area contributed by atoms with Crippen molar-refractivity contribution in [1.82, 2.24) is 0 Å². The van der Waals surface area contributed by atoms with Gasteiger partial charge in [-0.2, -0.15) is 0 Å². The van der Waals surface area contributed by atoms with E-state index in [9.17, 15) is 5.11 Å². The summed E-state index contributed by atoms with van der Waals surface area (Å²) in [5.74, 6) is 0. The first kappa shape index (κ1) is 8.78. The van der Waals surface area contributed by atoms with Gasteiger partial charge in [0.25, 0.3) is 0 Å². The molecule has 1 aliphatic rings. The quantitative estimate of drug-likeness (QED) is 0.759. The number of hydrogen-bond acceptors (Lipinski definition) is 3. The first-order chi connectivity index (χ1) is 6.27. The van der Waals surface area contributed by atoms with Gasteiger partial charge in [-0.25, -0.2) is 0 Å². The van der Waals surface area contributed by atoms with Crippen molar-refractivity contribution in [3.8, 4) is 0 Å². The normalized spacial score (nSPS) is 30.6. The van der Waals surface area contributed by atoms with Gasteiger partial charge in [-0.3, -0.25) is 0 Å². The molecule has 1 aromatic rings. The Hall–Kier alpha value is -0.800. The van der Waals surface area contributed by atoms with Crippen LogP contribution in [0.2, 0.25) is 0 Å². The molecule has 2 rings (SSSR count). The molecule has 0 amide bonds. The van der Waals surface area contributed by atoms with E-state index in [1.165, 1.54) is 0 Å². The van der Waals surface area contributed by atoms with Crippen molar-refractivity contribution in [1.29, 1.82) is 0 Å². The summed E-state index contributed by atoms with van der Waals surface area (Å²) in [5.41, 5.74) is 0.805. The maximum atomic E-state index is 9.84. The Kier molecular flexibility index (Phi) is 2.38. The van der Waals surface area contributed by atoms with E-state index in [0.29, 0.717) is 0 Å². The zero-order valence-electron chi connectivity index (χ0n) is 7.64. The largest absolute Gasteiger partial charge is 0.472 e. The Morgan fingerprint density at radius 1 is 1.54 bits per heavy atom. The Morgan fingerprint density at radius 3 is 2.92 bits per heavy atom. The lowest BCUT2D eigenvalue weighted by Crippen LogP contribution is -2.17. The standard InChI is InChI=1S/C10H14O3/c1-7-2-3-9(13-7)10(11)8-4-5-12-6-8/h4-7,9-11H,2-3H2,1H3. The second-order valence-corrected chi connectivity index (χ2v) is 3.56. The van der Waals surface area contributed by atoms with E-state index < -0.39 is 6.10 Å². The predicted octanol–water partition coefficient (Wildman–Crippen LogP) is 1.88. The molecule has 0 aliphatic carbocycles. The van der Waals surface area contributed by atoms with Crippen LogP contribution in [0.4, 0.5) is 0 Å². The van der Waals surface area contributed by atoms with Crippen molar-refractivity contribution >= 4 is 0 Å². The summed E-state index contributed by atoms with van der Waals surface area (Å²) in [5, 5.41) is 9.84. The van der Waals surface area contributed by atoms with E-state index in [4.69, 9.17) is 9.15 Å². The highest BCUT2D eigenvalue weighted by atomic mass is 16.5. The van der Waals surface area contributed by atoms with Gasteiger partial charge in [0.2, 0.25) is 0 Å². The fraction of sp³-hybridized carbons (Fsp3) is 0.600. The molecule has 3 nitrogen and oxygen atoms in total. The highest BCUT2D eigenvalue weighted by molar-refractivity contribution is 5.11. The van der Waals surface area contributed by atoms with Gasteiger partial charge in [0.05, 0.1) is 24.7 Å². The maximum Gasteiger partial charge on any atom is 0.108 e. The van der Waals surface area contributed by atoms with Crippen molar-refractivity contribution in [2.45, 2.75) is 38.1 Å². The monoisotopic (exact) mass is 182 g/mol. The molecule has 0 aromatic carbocycles. The summed E-state index contributed by atoms with van der Waals surface area (Å²) in [6.07, 6.45) is 4.75. The summed E-state index contributed by atoms with van der Waals surface area (Å²) in [4.78, 5) is 0. The molecule has 13 heavy (non-hydrogen) atoms. The summed E-state index contributed by atoms with van der Waals surface area (Å²) in [7, 11) is 0. The Morgan fingerprint density at radius 2 is 2.38 bits per heavy atom. The molecule has 0 bridgehead atoms. The van der Waals surface area contributed by atoms with Crippen molar-refractivity contribution in [2.24, 2.45) is 0 Å². The topological polar surface area (TPSA) is 42.6 Å². The molecule has 3 atom stereocenters. The molecule has 3 unspecified atom stereocenters. The first-order valence-corrected chi connectivity index (χ1v) is 4.63. The lowest BCUT2D eigenvalue weighted by atomic mass is 10.1. The van der Waals surface area contributed by atoms with Gasteiger partial charge in [0.15, 0.2) is 0 Å². The third kappa shape index (κ3) is 1.76. The highest BCUT2D eigenvalue weighted by Gasteiger charge is 2.29. The molecule has 1 aliphatic heterocycles. The number of rotatable bonds is 2. The minimum absolute atomic E-state index is 0.0624. The molecule has 1 N–H and O–H groups in total. The Bertz CT molecular complexity index is 255. The van der Waals surface area contributed by atoms with Gasteiger partial charge in [-0.1, -0.05) is 0 Å². The highest BCUT2D eigenvalue weighted by Crippen LogP contribution is 2.29. The van der Waals surface area contributed by atoms with Crippen LogP contribution in [0.15, 0.2) is 23.0 Å². The van der Waals surface area contributed by atoms with E-state index >= 15 is 0 Å². The van der Waals surface area contributed by atoms with Crippen molar-refractivity contribution in [2.75, 3.05) is 0 Å². The molecule has 0 spiro atoms. The number of aliphatic hydroxyl groups is 1. The van der Waals surface area contributed by atoms with Gasteiger partial charge in [0.1, 0.15) is 6.10 Å². The molecule has 2 heterocycles. The van der Waals surface area contributed by atoms with Gasteiger partial charge >= 0.3 is 0 Å². The third-order valence-electron chi connectivity index (χ3n) is 2.50. The van der Waals surface area contributed by atoms with Crippen LogP contribution in [-0.2, 0) is 4.74 Å². The molecular weight excluding hydrogens is 168 g/mol. The zero-order chi connectivity index (χ0) is 9.26. The maximum absolute atomic E-state index is 9.84. The molecular formula is C10H14O3. The van der Waals surface area contributed by atoms with Gasteiger partial charge < -0.3 is 14.3 Å². The third-order valence-corrected chi connectivity index (χ3v) is 2.50. The van der Waals surface area contributed by atoms with Gasteiger partial charge in [0, 0.05) is 5.56 Å². The lowest BCUT2D eigenvalue weighted by Gasteiger charge is -2.16. The van der Waals surface area contributed by atoms with Crippen LogP contribution in [0.1, 0.15) is 31.4 Å². The minimum atomic E-state index is -0.538. The van der Waals surface area contributed by atoms with Gasteiger partial charge in [-0.15, -0.1) is 0 Å². The van der Waals surface area contributed by atoms with Crippen LogP contribution in [0.25, 0.3) is 0 Å². The van der Waals surface area contributed by atoms with E-state index in [2.05, 4.69) is 0 Å². The fourth-order valence-electron chi connectivity index (χ4n) is 1.72. The average molecular weight is 182 g/mol. The van der Waals surface area contributed by atoms with E-state index in [-0.39, 0.29) is 12.2 Å². The fourth-order valence-corrected chi connectivity index (χ4v) is 1.72. The molecule has 1 fully saturated rings. The molecule has 0 saturated carbocycles. The Labute approximate surface area is 77.3 Å². The number of hydrogen-bond donors (Lipinski definition) is 1. The zero-order valence-corrected chi connectivity index (χ0v) is 7.64. The van der Waals surface area contributed by atoms with Crippen LogP contribution < -0.4 is 0 Å². The SMILES string of the molecule is CC1CCC(C(O)c2ccoc2)O1. The second kappa shape index (κ2) is 3.52. The molecule has 72 valence electrons. The van der Waals surface area contributed by atoms with E-state index in [1.54, 1.807) is 18.6 Å². The minimum Gasteiger partial charge on any atom is -0.472 e.